The van der Waals surface area contributed by atoms with Crippen molar-refractivity contribution >= 4 is 15.9 Å². The van der Waals surface area contributed by atoms with E-state index in [-0.39, 0.29) is 35.0 Å². The molecule has 1 amide bonds. The number of amides is 1. The van der Waals surface area contributed by atoms with Gasteiger partial charge in [0.05, 0.1) is 17.5 Å². The molecule has 36 heavy (non-hydrogen) atoms. The summed E-state index contributed by atoms with van der Waals surface area (Å²) in [6, 6.07) is 6.69. The second kappa shape index (κ2) is 11.4. The Labute approximate surface area is 216 Å². The van der Waals surface area contributed by atoms with E-state index < -0.39 is 15.9 Å². The molecule has 0 saturated carbocycles. The van der Waals surface area contributed by atoms with Crippen LogP contribution in [0.25, 0.3) is 0 Å². The van der Waals surface area contributed by atoms with Gasteiger partial charge in [0.25, 0.3) is 10.0 Å². The zero-order chi connectivity index (χ0) is 26.6. The molecule has 2 atom stereocenters. The van der Waals surface area contributed by atoms with E-state index in [2.05, 4.69) is 61.7 Å². The Kier molecular flexibility index (Phi) is 8.77. The Morgan fingerprint density at radius 2 is 1.78 bits per heavy atom. The summed E-state index contributed by atoms with van der Waals surface area (Å²) in [5, 5.41) is 7.03. The SMILES string of the molecule is CC(C)=CCc1ccc(S(=O)(=O)NC(=O)CC2=C(C(C)C)C(C)C(c3cn[nH]c3)C=C2C(C)C)cc1. The topological polar surface area (TPSA) is 91.9 Å². The first-order valence-electron chi connectivity index (χ1n) is 12.6. The van der Waals surface area contributed by atoms with Gasteiger partial charge >= 0.3 is 0 Å². The third kappa shape index (κ3) is 6.44. The number of carbonyl (C=O) groups excluding carboxylic acids is 1. The van der Waals surface area contributed by atoms with Crippen LogP contribution in [0.2, 0.25) is 0 Å². The number of rotatable bonds is 9. The number of nitrogens with one attached hydrogen (secondary N) is 2. The van der Waals surface area contributed by atoms with Gasteiger partial charge in [0.15, 0.2) is 0 Å². The molecule has 2 N–H and O–H groups in total. The molecule has 0 saturated heterocycles. The van der Waals surface area contributed by atoms with Crippen LogP contribution in [-0.4, -0.2) is 24.5 Å². The van der Waals surface area contributed by atoms with Gasteiger partial charge in [-0.3, -0.25) is 9.89 Å². The third-order valence-corrected chi connectivity index (χ3v) is 8.19. The van der Waals surface area contributed by atoms with Crippen LogP contribution in [-0.2, 0) is 21.2 Å². The minimum atomic E-state index is -3.96. The summed E-state index contributed by atoms with van der Waals surface area (Å²) in [7, 11) is -3.96. The van der Waals surface area contributed by atoms with Crippen molar-refractivity contribution in [1.82, 2.24) is 14.9 Å². The van der Waals surface area contributed by atoms with Crippen LogP contribution in [0.1, 0.15) is 71.9 Å². The highest BCUT2D eigenvalue weighted by Crippen LogP contribution is 2.45. The molecule has 194 valence electrons. The van der Waals surface area contributed by atoms with E-state index in [4.69, 9.17) is 0 Å². The van der Waals surface area contributed by atoms with E-state index in [1.54, 1.807) is 24.3 Å². The number of hydrogen-bond acceptors (Lipinski definition) is 4. The summed E-state index contributed by atoms with van der Waals surface area (Å²) in [5.74, 6) is 0.201. The quantitative estimate of drug-likeness (QED) is 0.401. The van der Waals surface area contributed by atoms with Crippen molar-refractivity contribution in [3.63, 3.8) is 0 Å². The molecular weight excluding hydrogens is 470 g/mol. The molecule has 1 aromatic carbocycles. The van der Waals surface area contributed by atoms with Crippen LogP contribution >= 0.6 is 0 Å². The standard InChI is InChI=1S/C29H39N3O3S/c1-18(2)8-9-22-10-12-24(13-11-22)36(34,35)32-28(33)15-27-25(19(3)4)14-26(23-16-30-31-17-23)21(7)29(27)20(5)6/h8,10-14,16-17,19-21,26H,9,15H2,1-7H3,(H,30,31)(H,32,33). The first-order chi connectivity index (χ1) is 16.9. The highest BCUT2D eigenvalue weighted by atomic mass is 32.2. The molecule has 6 nitrogen and oxygen atoms in total. The van der Waals surface area contributed by atoms with Gasteiger partial charge in [-0.2, -0.15) is 5.10 Å². The van der Waals surface area contributed by atoms with E-state index in [9.17, 15) is 13.2 Å². The Bertz CT molecular complexity index is 1260. The number of aromatic amines is 1. The number of hydrogen-bond donors (Lipinski definition) is 2. The molecule has 2 unspecified atom stereocenters. The van der Waals surface area contributed by atoms with Crippen LogP contribution in [0, 0.1) is 17.8 Å². The van der Waals surface area contributed by atoms with Gasteiger partial charge < -0.3 is 0 Å². The molecule has 0 radical (unpaired) electrons. The van der Waals surface area contributed by atoms with E-state index in [0.717, 1.165) is 28.7 Å². The predicted molar refractivity (Wildman–Crippen MR) is 145 cm³/mol. The molecule has 1 aliphatic rings. The molecule has 3 rings (SSSR count). The highest BCUT2D eigenvalue weighted by Gasteiger charge is 2.33. The molecule has 2 aromatic rings. The van der Waals surface area contributed by atoms with Crippen LogP contribution in [0.5, 0.6) is 0 Å². The lowest BCUT2D eigenvalue weighted by molar-refractivity contribution is -0.118. The van der Waals surface area contributed by atoms with Crippen molar-refractivity contribution in [3.8, 4) is 0 Å². The minimum Gasteiger partial charge on any atom is -0.285 e. The van der Waals surface area contributed by atoms with Crippen molar-refractivity contribution in [3.05, 3.63) is 82.2 Å². The predicted octanol–water partition coefficient (Wildman–Crippen LogP) is 6.08. The second-order valence-electron chi connectivity index (χ2n) is 10.5. The fourth-order valence-electron chi connectivity index (χ4n) is 5.05. The number of aromatic nitrogens is 2. The maximum absolute atomic E-state index is 13.1. The average Bonchev–Trinajstić information content (AvgIpc) is 3.32. The maximum atomic E-state index is 13.1. The Balaban J connectivity index is 1.85. The van der Waals surface area contributed by atoms with Crippen molar-refractivity contribution < 1.29 is 13.2 Å². The summed E-state index contributed by atoms with van der Waals surface area (Å²) < 4.78 is 28.3. The van der Waals surface area contributed by atoms with Crippen LogP contribution < -0.4 is 4.72 Å². The molecule has 7 heteroatoms. The lowest BCUT2D eigenvalue weighted by Gasteiger charge is -2.36. The first kappa shape index (κ1) is 27.7. The molecular formula is C29H39N3O3S. The van der Waals surface area contributed by atoms with Gasteiger partial charge in [0, 0.05) is 12.1 Å². The minimum absolute atomic E-state index is 0.0257. The normalized spacial score (nSPS) is 18.4. The number of H-pyrrole nitrogens is 1. The molecule has 1 heterocycles. The monoisotopic (exact) mass is 509 g/mol. The lowest BCUT2D eigenvalue weighted by Crippen LogP contribution is -2.32. The lowest BCUT2D eigenvalue weighted by atomic mass is 9.69. The Morgan fingerprint density at radius 3 is 2.31 bits per heavy atom. The summed E-state index contributed by atoms with van der Waals surface area (Å²) >= 11 is 0. The van der Waals surface area contributed by atoms with Crippen molar-refractivity contribution in [2.45, 2.75) is 72.1 Å². The third-order valence-electron chi connectivity index (χ3n) is 6.80. The van der Waals surface area contributed by atoms with Crippen molar-refractivity contribution in [2.24, 2.45) is 17.8 Å². The second-order valence-corrected chi connectivity index (χ2v) is 12.2. The number of sulfonamides is 1. The first-order valence-corrected chi connectivity index (χ1v) is 14.1. The van der Waals surface area contributed by atoms with Gasteiger partial charge in [-0.05, 0) is 72.4 Å². The van der Waals surface area contributed by atoms with Crippen LogP contribution in [0.3, 0.4) is 0 Å². The summed E-state index contributed by atoms with van der Waals surface area (Å²) in [6.45, 7) is 14.7. The smallest absolute Gasteiger partial charge is 0.264 e. The fraction of sp³-hybridized carbons (Fsp3) is 0.448. The van der Waals surface area contributed by atoms with E-state index in [1.165, 1.54) is 11.1 Å². The van der Waals surface area contributed by atoms with Gasteiger partial charge in [0.1, 0.15) is 0 Å². The number of carbonyl (C=O) groups is 1. The maximum Gasteiger partial charge on any atom is 0.264 e. The number of allylic oxidation sites excluding steroid dienone is 5. The van der Waals surface area contributed by atoms with E-state index in [0.29, 0.717) is 0 Å². The molecule has 0 spiro atoms. The molecule has 0 fully saturated rings. The van der Waals surface area contributed by atoms with Crippen LogP contribution in [0.4, 0.5) is 0 Å². The number of benzene rings is 1. The Morgan fingerprint density at radius 1 is 1.11 bits per heavy atom. The largest absolute Gasteiger partial charge is 0.285 e. The Hall–Kier alpha value is -2.93. The average molecular weight is 510 g/mol. The zero-order valence-corrected chi connectivity index (χ0v) is 23.2. The van der Waals surface area contributed by atoms with Gasteiger partial charge in [-0.25, -0.2) is 13.1 Å². The fourth-order valence-corrected chi connectivity index (χ4v) is 6.04. The molecule has 0 aliphatic heterocycles. The molecule has 1 aliphatic carbocycles. The van der Waals surface area contributed by atoms with Gasteiger partial charge in [0.2, 0.25) is 5.91 Å². The summed E-state index contributed by atoms with van der Waals surface area (Å²) in [5.41, 5.74) is 6.58. The van der Waals surface area contributed by atoms with Gasteiger partial charge in [-0.1, -0.05) is 70.0 Å². The summed E-state index contributed by atoms with van der Waals surface area (Å²) in [6.07, 6.45) is 8.86. The van der Waals surface area contributed by atoms with Crippen molar-refractivity contribution in [1.29, 1.82) is 0 Å². The summed E-state index contributed by atoms with van der Waals surface area (Å²) in [4.78, 5) is 13.2. The van der Waals surface area contributed by atoms with E-state index in [1.807, 2.05) is 26.2 Å². The zero-order valence-electron chi connectivity index (χ0n) is 22.4. The highest BCUT2D eigenvalue weighted by molar-refractivity contribution is 7.90. The van der Waals surface area contributed by atoms with Crippen molar-refractivity contribution in [2.75, 3.05) is 0 Å². The molecule has 0 bridgehead atoms. The molecule has 1 aromatic heterocycles. The van der Waals surface area contributed by atoms with Crippen LogP contribution in [0.15, 0.2) is 76.0 Å². The van der Waals surface area contributed by atoms with Gasteiger partial charge in [-0.15, -0.1) is 0 Å². The van der Waals surface area contributed by atoms with E-state index >= 15 is 0 Å². The number of nitrogens with zero attached hydrogens (tertiary/aromatic N) is 1.